The van der Waals surface area contributed by atoms with Gasteiger partial charge in [-0.05, 0) is 35.2 Å². The van der Waals surface area contributed by atoms with Gasteiger partial charge in [0.25, 0.3) is 0 Å². The lowest BCUT2D eigenvalue weighted by atomic mass is 10.0. The van der Waals surface area contributed by atoms with Gasteiger partial charge in [0.15, 0.2) is 11.5 Å². The summed E-state index contributed by atoms with van der Waals surface area (Å²) < 4.78 is 10.4. The molecule has 0 spiro atoms. The van der Waals surface area contributed by atoms with Crippen LogP contribution in [0.15, 0.2) is 42.5 Å². The molecule has 0 saturated heterocycles. The van der Waals surface area contributed by atoms with Gasteiger partial charge >= 0.3 is 0 Å². The van der Waals surface area contributed by atoms with Crippen LogP contribution in [0, 0.1) is 0 Å². The monoisotopic (exact) mass is 370 g/mol. The average Bonchev–Trinajstić information content (AvgIpc) is 2.66. The van der Waals surface area contributed by atoms with Gasteiger partial charge in [-0.25, -0.2) is 0 Å². The summed E-state index contributed by atoms with van der Waals surface area (Å²) in [4.78, 5) is 24.3. The molecule has 0 unspecified atom stereocenters. The van der Waals surface area contributed by atoms with E-state index in [1.807, 2.05) is 24.3 Å². The third kappa shape index (κ3) is 5.74. The van der Waals surface area contributed by atoms with E-state index >= 15 is 0 Å². The van der Waals surface area contributed by atoms with Crippen LogP contribution < -0.4 is 20.1 Å². The van der Waals surface area contributed by atoms with Crippen molar-refractivity contribution in [3.63, 3.8) is 0 Å². The third-order valence-corrected chi connectivity index (χ3v) is 4.12. The number of carbonyl (C=O) groups is 2. The molecule has 27 heavy (non-hydrogen) atoms. The van der Waals surface area contributed by atoms with Crippen molar-refractivity contribution < 1.29 is 19.1 Å². The summed E-state index contributed by atoms with van der Waals surface area (Å²) in [5, 5.41) is 5.50. The van der Waals surface area contributed by atoms with E-state index in [2.05, 4.69) is 24.5 Å². The molecule has 0 aliphatic rings. The average molecular weight is 370 g/mol. The molecule has 0 radical (unpaired) electrons. The van der Waals surface area contributed by atoms with Crippen molar-refractivity contribution in [2.75, 3.05) is 26.1 Å². The maximum Gasteiger partial charge on any atom is 0.243 e. The molecule has 144 valence electrons. The largest absolute Gasteiger partial charge is 0.493 e. The summed E-state index contributed by atoms with van der Waals surface area (Å²) in [5.74, 6) is 0.954. The van der Waals surface area contributed by atoms with Crippen LogP contribution in [0.25, 0.3) is 0 Å². The highest BCUT2D eigenvalue weighted by molar-refractivity contribution is 5.95. The summed E-state index contributed by atoms with van der Waals surface area (Å²) in [5.41, 5.74) is 2.60. The number of benzene rings is 2. The molecule has 2 aromatic rings. The molecule has 0 aromatic heterocycles. The molecule has 6 heteroatoms. The molecule has 6 nitrogen and oxygen atoms in total. The second-order valence-electron chi connectivity index (χ2n) is 6.43. The van der Waals surface area contributed by atoms with E-state index in [1.165, 1.54) is 0 Å². The minimum Gasteiger partial charge on any atom is -0.493 e. The molecular weight excluding hydrogens is 344 g/mol. The topological polar surface area (TPSA) is 76.7 Å². The van der Waals surface area contributed by atoms with Crippen LogP contribution in [0.1, 0.15) is 30.9 Å². The van der Waals surface area contributed by atoms with Crippen LogP contribution in [0.3, 0.4) is 0 Å². The second-order valence-corrected chi connectivity index (χ2v) is 6.43. The molecule has 0 aliphatic carbocycles. The van der Waals surface area contributed by atoms with E-state index in [9.17, 15) is 9.59 Å². The molecule has 0 fully saturated rings. The second kappa shape index (κ2) is 9.62. The fraction of sp³-hybridized carbons (Fsp3) is 0.333. The summed E-state index contributed by atoms with van der Waals surface area (Å²) in [6.07, 6.45) is 0.149. The van der Waals surface area contributed by atoms with Gasteiger partial charge in [-0.15, -0.1) is 0 Å². The Kier molecular flexibility index (Phi) is 7.23. The summed E-state index contributed by atoms with van der Waals surface area (Å²) in [6.45, 7) is 4.05. The highest BCUT2D eigenvalue weighted by Crippen LogP contribution is 2.27. The van der Waals surface area contributed by atoms with Gasteiger partial charge in [0.2, 0.25) is 11.8 Å². The molecule has 2 rings (SSSR count). The summed E-state index contributed by atoms with van der Waals surface area (Å²) in [7, 11) is 3.10. The minimum atomic E-state index is -0.260. The van der Waals surface area contributed by atoms with Gasteiger partial charge in [-0.1, -0.05) is 38.1 Å². The lowest BCUT2D eigenvalue weighted by Gasteiger charge is -2.14. The number of para-hydroxylation sites is 1. The molecule has 0 aliphatic heterocycles. The first kappa shape index (κ1) is 20.3. The molecule has 0 bridgehead atoms. The Hall–Kier alpha value is -3.02. The Morgan fingerprint density at radius 2 is 1.67 bits per heavy atom. The van der Waals surface area contributed by atoms with Crippen LogP contribution in [0.2, 0.25) is 0 Å². The SMILES string of the molecule is COc1ccc(CC(=O)NCC(=O)Nc2ccccc2C(C)C)cc1OC. The number of amides is 2. The lowest BCUT2D eigenvalue weighted by Crippen LogP contribution is -2.34. The number of rotatable bonds is 8. The quantitative estimate of drug-likeness (QED) is 0.748. The number of carbonyl (C=O) groups excluding carboxylic acids is 2. The summed E-state index contributed by atoms with van der Waals surface area (Å²) in [6, 6.07) is 12.9. The van der Waals surface area contributed by atoms with Crippen LogP contribution >= 0.6 is 0 Å². The van der Waals surface area contributed by atoms with Gasteiger partial charge in [0.05, 0.1) is 27.2 Å². The predicted molar refractivity (Wildman–Crippen MR) is 105 cm³/mol. The predicted octanol–water partition coefficient (Wildman–Crippen LogP) is 3.12. The Morgan fingerprint density at radius 1 is 0.963 bits per heavy atom. The van der Waals surface area contributed by atoms with Crippen molar-refractivity contribution in [3.8, 4) is 11.5 Å². The molecule has 0 saturated carbocycles. The van der Waals surface area contributed by atoms with Crippen molar-refractivity contribution in [1.29, 1.82) is 0 Å². The number of hydrogen-bond acceptors (Lipinski definition) is 4. The zero-order valence-electron chi connectivity index (χ0n) is 16.2. The van der Waals surface area contributed by atoms with E-state index < -0.39 is 0 Å². The van der Waals surface area contributed by atoms with Crippen molar-refractivity contribution in [3.05, 3.63) is 53.6 Å². The number of methoxy groups -OCH3 is 2. The van der Waals surface area contributed by atoms with Crippen LogP contribution in [0.4, 0.5) is 5.69 Å². The number of nitrogens with one attached hydrogen (secondary N) is 2. The third-order valence-electron chi connectivity index (χ3n) is 4.12. The number of anilines is 1. The Balaban J connectivity index is 1.89. The van der Waals surface area contributed by atoms with E-state index in [-0.39, 0.29) is 24.8 Å². The van der Waals surface area contributed by atoms with Crippen molar-refractivity contribution in [2.45, 2.75) is 26.2 Å². The van der Waals surface area contributed by atoms with Gasteiger partial charge in [-0.2, -0.15) is 0 Å². The molecule has 2 N–H and O–H groups in total. The number of hydrogen-bond donors (Lipinski definition) is 2. The van der Waals surface area contributed by atoms with E-state index in [1.54, 1.807) is 32.4 Å². The van der Waals surface area contributed by atoms with Gasteiger partial charge in [-0.3, -0.25) is 9.59 Å². The summed E-state index contributed by atoms with van der Waals surface area (Å²) >= 11 is 0. The first-order valence-corrected chi connectivity index (χ1v) is 8.81. The van der Waals surface area contributed by atoms with Crippen LogP contribution in [-0.2, 0) is 16.0 Å². The first-order chi connectivity index (χ1) is 12.9. The van der Waals surface area contributed by atoms with Gasteiger partial charge < -0.3 is 20.1 Å². The normalized spacial score (nSPS) is 10.4. The smallest absolute Gasteiger partial charge is 0.243 e. The fourth-order valence-electron chi connectivity index (χ4n) is 2.73. The minimum absolute atomic E-state index is 0.0848. The van der Waals surface area contributed by atoms with Crippen molar-refractivity contribution in [1.82, 2.24) is 5.32 Å². The van der Waals surface area contributed by atoms with Crippen LogP contribution in [-0.4, -0.2) is 32.6 Å². The Morgan fingerprint density at radius 3 is 2.33 bits per heavy atom. The van der Waals surface area contributed by atoms with E-state index in [0.717, 1.165) is 16.8 Å². The molecule has 0 heterocycles. The highest BCUT2D eigenvalue weighted by Gasteiger charge is 2.12. The number of ether oxygens (including phenoxy) is 2. The zero-order chi connectivity index (χ0) is 19.8. The maximum atomic E-state index is 12.2. The zero-order valence-corrected chi connectivity index (χ0v) is 16.2. The van der Waals surface area contributed by atoms with E-state index in [4.69, 9.17) is 9.47 Å². The standard InChI is InChI=1S/C21H26N2O4/c1-14(2)16-7-5-6-8-17(16)23-21(25)13-22-20(24)12-15-9-10-18(26-3)19(11-15)27-4/h5-11,14H,12-13H2,1-4H3,(H,22,24)(H,23,25). The fourth-order valence-corrected chi connectivity index (χ4v) is 2.73. The van der Waals surface area contributed by atoms with Crippen LogP contribution in [0.5, 0.6) is 11.5 Å². The highest BCUT2D eigenvalue weighted by atomic mass is 16.5. The lowest BCUT2D eigenvalue weighted by molar-refractivity contribution is -0.123. The first-order valence-electron chi connectivity index (χ1n) is 8.81. The molecule has 2 amide bonds. The van der Waals surface area contributed by atoms with Gasteiger partial charge in [0, 0.05) is 5.69 Å². The van der Waals surface area contributed by atoms with Crippen molar-refractivity contribution in [2.24, 2.45) is 0 Å². The molecule has 0 atom stereocenters. The van der Waals surface area contributed by atoms with Crippen molar-refractivity contribution >= 4 is 17.5 Å². The maximum absolute atomic E-state index is 12.2. The molecular formula is C21H26N2O4. The van der Waals surface area contributed by atoms with E-state index in [0.29, 0.717) is 17.4 Å². The molecule has 2 aromatic carbocycles. The Bertz CT molecular complexity index is 803. The Labute approximate surface area is 159 Å². The van der Waals surface area contributed by atoms with Gasteiger partial charge in [0.1, 0.15) is 0 Å².